The molecule has 0 heterocycles. The van der Waals surface area contributed by atoms with Gasteiger partial charge in [-0.25, -0.2) is 0 Å². The van der Waals surface area contributed by atoms with Crippen LogP contribution in [0.25, 0.3) is 0 Å². The smallest absolute Gasteiger partial charge is 0.160 e. The summed E-state index contributed by atoms with van der Waals surface area (Å²) in [6.45, 7) is 1.86. The lowest BCUT2D eigenvalue weighted by Gasteiger charge is -2.19. The fourth-order valence-corrected chi connectivity index (χ4v) is 2.05. The van der Waals surface area contributed by atoms with E-state index >= 15 is 0 Å². The van der Waals surface area contributed by atoms with Crippen LogP contribution < -0.4 is 9.47 Å². The molecule has 1 aromatic carbocycles. The molecule has 102 valence electrons. The van der Waals surface area contributed by atoms with Gasteiger partial charge in [0.15, 0.2) is 11.5 Å². The predicted molar refractivity (Wildman–Crippen MR) is 70.3 cm³/mol. The van der Waals surface area contributed by atoms with Crippen molar-refractivity contribution in [2.45, 2.75) is 31.8 Å². The van der Waals surface area contributed by atoms with Crippen LogP contribution in [0.1, 0.15) is 31.2 Å². The fraction of sp³-hybridized carbons (Fsp3) is 0.571. The summed E-state index contributed by atoms with van der Waals surface area (Å²) >= 11 is 0. The van der Waals surface area contributed by atoms with Crippen molar-refractivity contribution in [2.75, 3.05) is 20.8 Å². The minimum atomic E-state index is -0.678. The number of hydrogen-bond acceptors (Lipinski definition) is 4. The molecule has 0 aliphatic carbocycles. The van der Waals surface area contributed by atoms with Gasteiger partial charge in [-0.3, -0.25) is 0 Å². The van der Waals surface area contributed by atoms with Crippen LogP contribution in [0.3, 0.4) is 0 Å². The SMILES string of the molecule is CCC(CC(O)CO)c1ccc(OC)c(OC)c1. The first kappa shape index (κ1) is 14.8. The molecule has 4 nitrogen and oxygen atoms in total. The lowest BCUT2D eigenvalue weighted by Crippen LogP contribution is -2.16. The van der Waals surface area contributed by atoms with Crippen molar-refractivity contribution >= 4 is 0 Å². The second-order valence-electron chi connectivity index (χ2n) is 4.29. The van der Waals surface area contributed by atoms with E-state index in [-0.39, 0.29) is 12.5 Å². The number of rotatable bonds is 7. The molecule has 4 heteroatoms. The van der Waals surface area contributed by atoms with E-state index in [9.17, 15) is 5.11 Å². The molecule has 18 heavy (non-hydrogen) atoms. The van der Waals surface area contributed by atoms with Crippen molar-refractivity contribution in [2.24, 2.45) is 0 Å². The van der Waals surface area contributed by atoms with E-state index in [1.807, 2.05) is 18.2 Å². The molecule has 0 aromatic heterocycles. The van der Waals surface area contributed by atoms with Gasteiger partial charge in [0.1, 0.15) is 0 Å². The Hall–Kier alpha value is -1.26. The highest BCUT2D eigenvalue weighted by atomic mass is 16.5. The van der Waals surface area contributed by atoms with E-state index in [0.29, 0.717) is 17.9 Å². The molecule has 2 unspecified atom stereocenters. The molecule has 0 aliphatic rings. The lowest BCUT2D eigenvalue weighted by molar-refractivity contribution is 0.0817. The van der Waals surface area contributed by atoms with Crippen LogP contribution >= 0.6 is 0 Å². The third-order valence-corrected chi connectivity index (χ3v) is 3.14. The van der Waals surface area contributed by atoms with Crippen molar-refractivity contribution in [3.05, 3.63) is 23.8 Å². The molecule has 2 N–H and O–H groups in total. The van der Waals surface area contributed by atoms with E-state index < -0.39 is 6.10 Å². The van der Waals surface area contributed by atoms with Gasteiger partial charge >= 0.3 is 0 Å². The largest absolute Gasteiger partial charge is 0.493 e. The fourth-order valence-electron chi connectivity index (χ4n) is 2.05. The maximum absolute atomic E-state index is 9.54. The van der Waals surface area contributed by atoms with Gasteiger partial charge in [-0.15, -0.1) is 0 Å². The Kier molecular flexibility index (Phi) is 5.95. The van der Waals surface area contributed by atoms with Gasteiger partial charge in [0.05, 0.1) is 26.9 Å². The Morgan fingerprint density at radius 2 is 1.83 bits per heavy atom. The van der Waals surface area contributed by atoms with E-state index in [2.05, 4.69) is 6.92 Å². The number of hydrogen-bond donors (Lipinski definition) is 2. The van der Waals surface area contributed by atoms with Crippen LogP contribution in [0.15, 0.2) is 18.2 Å². The summed E-state index contributed by atoms with van der Waals surface area (Å²) in [6.07, 6.45) is 0.762. The Labute approximate surface area is 108 Å². The first-order chi connectivity index (χ1) is 8.65. The number of aliphatic hydroxyl groups is 2. The molecule has 1 rings (SSSR count). The highest BCUT2D eigenvalue weighted by Gasteiger charge is 2.16. The normalized spacial score (nSPS) is 14.1. The minimum absolute atomic E-state index is 0.201. The highest BCUT2D eigenvalue weighted by Crippen LogP contribution is 2.33. The van der Waals surface area contributed by atoms with Gasteiger partial charge in [-0.2, -0.15) is 0 Å². The standard InChI is InChI=1S/C14H22O4/c1-4-10(7-12(16)9-15)11-5-6-13(17-2)14(8-11)18-3/h5-6,8,10,12,15-16H,4,7,9H2,1-3H3. The Morgan fingerprint density at radius 1 is 1.17 bits per heavy atom. The van der Waals surface area contributed by atoms with Crippen LogP contribution in [-0.4, -0.2) is 37.1 Å². The van der Waals surface area contributed by atoms with E-state index in [1.54, 1.807) is 14.2 Å². The number of ether oxygens (including phenoxy) is 2. The van der Waals surface area contributed by atoms with Crippen molar-refractivity contribution < 1.29 is 19.7 Å². The van der Waals surface area contributed by atoms with E-state index in [1.165, 1.54) is 0 Å². The maximum atomic E-state index is 9.54. The first-order valence-corrected chi connectivity index (χ1v) is 6.17. The van der Waals surface area contributed by atoms with Crippen LogP contribution in [-0.2, 0) is 0 Å². The zero-order valence-electron chi connectivity index (χ0n) is 11.2. The molecule has 0 amide bonds. The van der Waals surface area contributed by atoms with Crippen LogP contribution in [0.5, 0.6) is 11.5 Å². The van der Waals surface area contributed by atoms with Gasteiger partial charge < -0.3 is 19.7 Å². The van der Waals surface area contributed by atoms with E-state index in [0.717, 1.165) is 12.0 Å². The zero-order chi connectivity index (χ0) is 13.5. The summed E-state index contributed by atoms with van der Waals surface area (Å²) in [6, 6.07) is 5.76. The average molecular weight is 254 g/mol. The second kappa shape index (κ2) is 7.24. The summed E-state index contributed by atoms with van der Waals surface area (Å²) in [5.41, 5.74) is 1.09. The van der Waals surface area contributed by atoms with Crippen LogP contribution in [0.2, 0.25) is 0 Å². The lowest BCUT2D eigenvalue weighted by atomic mass is 9.91. The van der Waals surface area contributed by atoms with Gasteiger partial charge in [-0.1, -0.05) is 13.0 Å². The first-order valence-electron chi connectivity index (χ1n) is 6.17. The summed E-state index contributed by atoms with van der Waals surface area (Å²) in [5.74, 6) is 1.58. The van der Waals surface area contributed by atoms with Crippen molar-refractivity contribution in [3.63, 3.8) is 0 Å². The number of aliphatic hydroxyl groups excluding tert-OH is 2. The molecule has 0 saturated carbocycles. The number of methoxy groups -OCH3 is 2. The summed E-state index contributed by atoms with van der Waals surface area (Å²) in [5, 5.41) is 18.5. The molecular formula is C14H22O4. The van der Waals surface area contributed by atoms with Gasteiger partial charge in [0, 0.05) is 0 Å². The summed E-state index contributed by atoms with van der Waals surface area (Å²) in [7, 11) is 3.20. The highest BCUT2D eigenvalue weighted by molar-refractivity contribution is 5.43. The molecule has 1 aromatic rings. The molecular weight excluding hydrogens is 232 g/mol. The molecule has 0 spiro atoms. The van der Waals surface area contributed by atoms with Crippen molar-refractivity contribution in [1.82, 2.24) is 0 Å². The topological polar surface area (TPSA) is 58.9 Å². The molecule has 0 saturated heterocycles. The Balaban J connectivity index is 2.92. The predicted octanol–water partition coefficient (Wildman–Crippen LogP) is 1.94. The molecule has 0 fully saturated rings. The van der Waals surface area contributed by atoms with Gasteiger partial charge in [-0.05, 0) is 36.5 Å². The number of benzene rings is 1. The molecule has 0 bridgehead atoms. The van der Waals surface area contributed by atoms with Crippen molar-refractivity contribution in [3.8, 4) is 11.5 Å². The third-order valence-electron chi connectivity index (χ3n) is 3.14. The monoisotopic (exact) mass is 254 g/mol. The Morgan fingerprint density at radius 3 is 2.33 bits per heavy atom. The van der Waals surface area contributed by atoms with Crippen LogP contribution in [0.4, 0.5) is 0 Å². The van der Waals surface area contributed by atoms with Crippen molar-refractivity contribution in [1.29, 1.82) is 0 Å². The van der Waals surface area contributed by atoms with Gasteiger partial charge in [0.2, 0.25) is 0 Å². The maximum Gasteiger partial charge on any atom is 0.160 e. The van der Waals surface area contributed by atoms with E-state index in [4.69, 9.17) is 14.6 Å². The molecule has 0 radical (unpaired) electrons. The average Bonchev–Trinajstić information content (AvgIpc) is 2.43. The zero-order valence-corrected chi connectivity index (χ0v) is 11.2. The molecule has 2 atom stereocenters. The van der Waals surface area contributed by atoms with Gasteiger partial charge in [0.25, 0.3) is 0 Å². The second-order valence-corrected chi connectivity index (χ2v) is 4.29. The minimum Gasteiger partial charge on any atom is -0.493 e. The van der Waals surface area contributed by atoms with Crippen LogP contribution in [0, 0.1) is 0 Å². The summed E-state index contributed by atoms with van der Waals surface area (Å²) < 4.78 is 10.5. The summed E-state index contributed by atoms with van der Waals surface area (Å²) in [4.78, 5) is 0. The third kappa shape index (κ3) is 3.62. The Bertz CT molecular complexity index is 365. The quantitative estimate of drug-likeness (QED) is 0.780. The molecule has 0 aliphatic heterocycles.